The fourth-order valence-electron chi connectivity index (χ4n) is 2.99. The molecule has 0 radical (unpaired) electrons. The Bertz CT molecular complexity index is 1270. The zero-order valence-electron chi connectivity index (χ0n) is 13.0. The Morgan fingerprint density at radius 2 is 1.77 bits per heavy atom. The third-order valence-electron chi connectivity index (χ3n) is 4.11. The Balaban J connectivity index is 2.03. The van der Waals surface area contributed by atoms with Gasteiger partial charge in [-0.15, -0.1) is 0 Å². The van der Waals surface area contributed by atoms with Gasteiger partial charge in [0.2, 0.25) is 10.9 Å². The predicted molar refractivity (Wildman–Crippen MR) is 100 cm³/mol. The van der Waals surface area contributed by atoms with Crippen molar-refractivity contribution >= 4 is 50.1 Å². The van der Waals surface area contributed by atoms with Gasteiger partial charge in [-0.2, -0.15) is 0 Å². The molecule has 0 amide bonds. The highest BCUT2D eigenvalue weighted by molar-refractivity contribution is 7.71. The first-order valence-corrected chi connectivity index (χ1v) is 8.97. The molecule has 0 atom stereocenters. The second kappa shape index (κ2) is 6.08. The van der Waals surface area contributed by atoms with Crippen LogP contribution < -0.4 is 0 Å². The minimum absolute atomic E-state index is 0.0129. The summed E-state index contributed by atoms with van der Waals surface area (Å²) in [5.74, 6) is 0. The largest absolute Gasteiger partial charge is 0.270 e. The molecule has 0 aliphatic rings. The summed E-state index contributed by atoms with van der Waals surface area (Å²) in [6, 6.07) is 14.7. The molecule has 0 saturated heterocycles. The summed E-state index contributed by atoms with van der Waals surface area (Å²) in [7, 11) is -2.94. The number of nitrogens with zero attached hydrogens (tertiary/aromatic N) is 3. The zero-order valence-corrected chi connectivity index (χ0v) is 14.6. The van der Waals surface area contributed by atoms with Crippen LogP contribution in [0.3, 0.4) is 0 Å². The smallest absolute Gasteiger partial charge is 0.258 e. The first-order chi connectivity index (χ1) is 12.5. The molecule has 0 fully saturated rings. The molecule has 0 spiro atoms. The Kier molecular flexibility index (Phi) is 3.86. The van der Waals surface area contributed by atoms with Crippen molar-refractivity contribution in [3.05, 3.63) is 69.9 Å². The second-order valence-corrected chi connectivity index (χ2v) is 6.86. The Morgan fingerprint density at radius 3 is 2.50 bits per heavy atom. The highest BCUT2D eigenvalue weighted by Crippen LogP contribution is 2.33. The Labute approximate surface area is 153 Å². The molecule has 4 rings (SSSR count). The quantitative estimate of drug-likeness (QED) is 0.250. The molecule has 9 heteroatoms. The summed E-state index contributed by atoms with van der Waals surface area (Å²) in [4.78, 5) is 14.7. The number of benzene rings is 2. The minimum Gasteiger partial charge on any atom is -0.258 e. The first-order valence-electron chi connectivity index (χ1n) is 7.46. The van der Waals surface area contributed by atoms with E-state index in [1.807, 2.05) is 0 Å². The number of non-ortho nitro benzene ring substituents is 1. The molecule has 0 aliphatic heterocycles. The number of nitro benzene ring substituents is 1. The van der Waals surface area contributed by atoms with Gasteiger partial charge in [0.1, 0.15) is 5.15 Å². The van der Waals surface area contributed by atoms with Crippen molar-refractivity contribution < 1.29 is 13.3 Å². The van der Waals surface area contributed by atoms with Crippen molar-refractivity contribution in [3.63, 3.8) is 0 Å². The van der Waals surface area contributed by atoms with Gasteiger partial charge in [0.25, 0.3) is 5.69 Å². The number of nitro groups is 1. The second-order valence-electron chi connectivity index (χ2n) is 5.59. The van der Waals surface area contributed by atoms with Crippen molar-refractivity contribution in [2.45, 2.75) is 0 Å². The monoisotopic (exact) mass is 387 g/mol. The summed E-state index contributed by atoms with van der Waals surface area (Å²) in [6.45, 7) is 0. The summed E-state index contributed by atoms with van der Waals surface area (Å²) < 4.78 is 24.5. The molecule has 0 N–H and O–H groups in total. The number of aromatic nitrogens is 2. The van der Waals surface area contributed by atoms with Crippen molar-refractivity contribution in [2.24, 2.45) is 0 Å². The van der Waals surface area contributed by atoms with Gasteiger partial charge in [-0.3, -0.25) is 10.1 Å². The van der Waals surface area contributed by atoms with Gasteiger partial charge in [0.15, 0.2) is 5.65 Å². The average molecular weight is 388 g/mol. The number of thiol groups is 1. The highest BCUT2D eigenvalue weighted by Gasteiger charge is 2.15. The lowest BCUT2D eigenvalue weighted by Crippen LogP contribution is -1.96. The van der Waals surface area contributed by atoms with Crippen LogP contribution in [0.15, 0.2) is 54.6 Å². The summed E-state index contributed by atoms with van der Waals surface area (Å²) in [5.41, 5.74) is 2.10. The first kappa shape index (κ1) is 16.5. The van der Waals surface area contributed by atoms with Gasteiger partial charge in [0.05, 0.1) is 10.4 Å². The fourth-order valence-corrected chi connectivity index (χ4v) is 3.79. The standard InChI is InChI=1S/C17H10ClN3O4S/c18-16-7-5-13-14-9-11(10-2-1-3-12(8-10)21(22)23)4-6-15(14)20(26(24)25)17(13)19-16/h1-9,26H. The van der Waals surface area contributed by atoms with Crippen LogP contribution in [0.5, 0.6) is 0 Å². The normalized spacial score (nSPS) is 11.5. The average Bonchev–Trinajstić information content (AvgIpc) is 2.94. The van der Waals surface area contributed by atoms with Crippen LogP contribution in [-0.2, 0) is 10.9 Å². The molecule has 4 aromatic rings. The molecule has 7 nitrogen and oxygen atoms in total. The molecule has 0 aliphatic carbocycles. The number of pyridine rings is 1. The van der Waals surface area contributed by atoms with Crippen molar-refractivity contribution in [1.29, 1.82) is 0 Å². The third-order valence-corrected chi connectivity index (χ3v) is 5.05. The van der Waals surface area contributed by atoms with E-state index in [0.29, 0.717) is 21.9 Å². The molecule has 26 heavy (non-hydrogen) atoms. The summed E-state index contributed by atoms with van der Waals surface area (Å²) in [5, 5.41) is 12.5. The van der Waals surface area contributed by atoms with Crippen LogP contribution in [0.2, 0.25) is 5.15 Å². The van der Waals surface area contributed by atoms with Gasteiger partial charge in [-0.25, -0.2) is 17.4 Å². The van der Waals surface area contributed by atoms with Gasteiger partial charge in [0, 0.05) is 22.9 Å². The number of fused-ring (bicyclic) bond motifs is 3. The molecular formula is C17H10ClN3O4S. The van der Waals surface area contributed by atoms with Crippen LogP contribution in [0, 0.1) is 10.1 Å². The maximum atomic E-state index is 11.7. The Hall–Kier alpha value is -2.97. The van der Waals surface area contributed by atoms with E-state index in [0.717, 1.165) is 9.54 Å². The maximum absolute atomic E-state index is 11.7. The molecule has 0 saturated carbocycles. The van der Waals surface area contributed by atoms with Crippen molar-refractivity contribution in [1.82, 2.24) is 8.96 Å². The van der Waals surface area contributed by atoms with Crippen LogP contribution in [0.1, 0.15) is 0 Å². The molecule has 2 aromatic heterocycles. The topological polar surface area (TPSA) is 95.1 Å². The van der Waals surface area contributed by atoms with E-state index >= 15 is 0 Å². The lowest BCUT2D eigenvalue weighted by Gasteiger charge is -2.03. The summed E-state index contributed by atoms with van der Waals surface area (Å²) in [6.07, 6.45) is 0. The Morgan fingerprint density at radius 1 is 1.00 bits per heavy atom. The molecule has 2 aromatic carbocycles. The highest BCUT2D eigenvalue weighted by atomic mass is 35.5. The lowest BCUT2D eigenvalue weighted by atomic mass is 10.0. The van der Waals surface area contributed by atoms with Gasteiger partial charge in [-0.1, -0.05) is 29.8 Å². The molecule has 0 bridgehead atoms. The van der Waals surface area contributed by atoms with Gasteiger partial charge in [-0.05, 0) is 35.4 Å². The third kappa shape index (κ3) is 2.59. The number of hydrogen-bond acceptors (Lipinski definition) is 5. The van der Waals surface area contributed by atoms with Crippen molar-refractivity contribution in [2.75, 3.05) is 0 Å². The van der Waals surface area contributed by atoms with E-state index in [4.69, 9.17) is 11.6 Å². The van der Waals surface area contributed by atoms with Crippen LogP contribution in [-0.4, -0.2) is 22.3 Å². The number of hydrogen-bond donors (Lipinski definition) is 1. The zero-order chi connectivity index (χ0) is 18.4. The summed E-state index contributed by atoms with van der Waals surface area (Å²) >= 11 is 5.91. The van der Waals surface area contributed by atoms with Crippen LogP contribution >= 0.6 is 11.6 Å². The van der Waals surface area contributed by atoms with E-state index in [9.17, 15) is 18.5 Å². The predicted octanol–water partition coefficient (Wildman–Crippen LogP) is 3.79. The van der Waals surface area contributed by atoms with Crippen LogP contribution in [0.4, 0.5) is 5.69 Å². The van der Waals surface area contributed by atoms with Crippen LogP contribution in [0.25, 0.3) is 33.1 Å². The fraction of sp³-hybridized carbons (Fsp3) is 0. The van der Waals surface area contributed by atoms with E-state index < -0.39 is 15.8 Å². The van der Waals surface area contributed by atoms with E-state index in [1.54, 1.807) is 42.5 Å². The number of rotatable bonds is 3. The van der Waals surface area contributed by atoms with E-state index in [-0.39, 0.29) is 16.5 Å². The maximum Gasteiger partial charge on any atom is 0.270 e. The number of halogens is 1. The van der Waals surface area contributed by atoms with E-state index in [1.165, 1.54) is 12.1 Å². The molecular weight excluding hydrogens is 378 g/mol. The van der Waals surface area contributed by atoms with E-state index in [2.05, 4.69) is 4.98 Å². The van der Waals surface area contributed by atoms with Gasteiger partial charge < -0.3 is 0 Å². The van der Waals surface area contributed by atoms with Crippen molar-refractivity contribution in [3.8, 4) is 11.1 Å². The SMILES string of the molecule is O=[N+]([O-])c1cccc(-c2ccc3c(c2)c2ccc(Cl)nc2n3[SH](=O)=O)c1. The minimum atomic E-state index is -2.94. The molecule has 0 unspecified atom stereocenters. The van der Waals surface area contributed by atoms with Gasteiger partial charge >= 0.3 is 0 Å². The molecule has 130 valence electrons. The lowest BCUT2D eigenvalue weighted by molar-refractivity contribution is -0.384. The molecule has 2 heterocycles.